The van der Waals surface area contributed by atoms with Crippen molar-refractivity contribution in [2.45, 2.75) is 11.5 Å². The van der Waals surface area contributed by atoms with Crippen LogP contribution in [0.1, 0.15) is 15.9 Å². The fraction of sp³-hybridized carbons (Fsp3) is 0.100. The molecule has 11 nitrogen and oxygen atoms in total. The first-order chi connectivity index (χ1) is 20.3. The predicted molar refractivity (Wildman–Crippen MR) is 160 cm³/mol. The van der Waals surface area contributed by atoms with E-state index in [0.29, 0.717) is 39.3 Å². The summed E-state index contributed by atoms with van der Waals surface area (Å²) in [4.78, 5) is 21.8. The number of anilines is 4. The third kappa shape index (κ3) is 6.40. The lowest BCUT2D eigenvalue weighted by Gasteiger charge is -2.15. The fourth-order valence-corrected chi connectivity index (χ4v) is 5.19. The number of fused-ring (bicyclic) bond motifs is 1. The van der Waals surface area contributed by atoms with E-state index in [1.165, 1.54) is 32.4 Å². The Morgan fingerprint density at radius 2 is 1.50 bits per heavy atom. The van der Waals surface area contributed by atoms with Crippen molar-refractivity contribution in [1.82, 2.24) is 9.97 Å². The van der Waals surface area contributed by atoms with Crippen molar-refractivity contribution in [3.8, 4) is 11.5 Å². The van der Waals surface area contributed by atoms with Crippen molar-refractivity contribution in [2.24, 2.45) is 0 Å². The Morgan fingerprint density at radius 3 is 2.21 bits per heavy atom. The zero-order valence-corrected chi connectivity index (χ0v) is 23.5. The molecule has 12 heteroatoms. The van der Waals surface area contributed by atoms with Gasteiger partial charge in [-0.1, -0.05) is 24.3 Å². The van der Waals surface area contributed by atoms with E-state index < -0.39 is 15.9 Å². The lowest BCUT2D eigenvalue weighted by molar-refractivity contribution is 0.102. The van der Waals surface area contributed by atoms with Gasteiger partial charge in [0.1, 0.15) is 11.5 Å². The molecule has 0 spiro atoms. The van der Waals surface area contributed by atoms with Gasteiger partial charge in [-0.3, -0.25) is 9.52 Å². The molecule has 4 aromatic carbocycles. The predicted octanol–water partition coefficient (Wildman–Crippen LogP) is 4.94. The minimum absolute atomic E-state index is 0.0483. The lowest BCUT2D eigenvalue weighted by atomic mass is 10.2. The highest BCUT2D eigenvalue weighted by atomic mass is 32.2. The summed E-state index contributed by atoms with van der Waals surface area (Å²) in [5.74, 6) is 0.673. The number of nitrogens with zero attached hydrogens (tertiary/aromatic N) is 2. The molecule has 4 N–H and O–H groups in total. The molecule has 42 heavy (non-hydrogen) atoms. The Labute approximate surface area is 242 Å². The van der Waals surface area contributed by atoms with E-state index in [1.807, 2.05) is 0 Å². The molecular weight excluding hydrogens is 558 g/mol. The van der Waals surface area contributed by atoms with Crippen molar-refractivity contribution in [3.63, 3.8) is 0 Å². The average Bonchev–Trinajstić information content (AvgIpc) is 3.01. The van der Waals surface area contributed by atoms with Gasteiger partial charge >= 0.3 is 0 Å². The number of amides is 1. The van der Waals surface area contributed by atoms with E-state index in [1.54, 1.807) is 72.8 Å². The first-order valence-electron chi connectivity index (χ1n) is 12.7. The Balaban J connectivity index is 1.46. The molecule has 0 radical (unpaired) electrons. The van der Waals surface area contributed by atoms with Gasteiger partial charge < -0.3 is 25.2 Å². The monoisotopic (exact) mass is 585 g/mol. The van der Waals surface area contributed by atoms with Crippen molar-refractivity contribution >= 4 is 50.0 Å². The average molecular weight is 586 g/mol. The van der Waals surface area contributed by atoms with Crippen LogP contribution < -0.4 is 24.8 Å². The zero-order chi connectivity index (χ0) is 29.7. The highest BCUT2D eigenvalue weighted by Gasteiger charge is 2.20. The molecule has 214 valence electrons. The van der Waals surface area contributed by atoms with Gasteiger partial charge in [0, 0.05) is 23.0 Å². The normalized spacial score (nSPS) is 11.1. The number of aliphatic hydroxyl groups is 1. The number of ether oxygens (including phenoxy) is 2. The second kappa shape index (κ2) is 12.1. The van der Waals surface area contributed by atoms with E-state index in [-0.39, 0.29) is 28.8 Å². The smallest absolute Gasteiger partial charge is 0.263 e. The number of hydrogen-bond donors (Lipinski definition) is 4. The van der Waals surface area contributed by atoms with Crippen molar-refractivity contribution < 1.29 is 27.8 Å². The van der Waals surface area contributed by atoms with Crippen LogP contribution in [0.25, 0.3) is 11.0 Å². The summed E-state index contributed by atoms with van der Waals surface area (Å²) in [5, 5.41) is 15.5. The molecule has 0 unspecified atom stereocenters. The Kier molecular flexibility index (Phi) is 8.18. The van der Waals surface area contributed by atoms with Crippen molar-refractivity contribution in [3.05, 3.63) is 102 Å². The van der Waals surface area contributed by atoms with Crippen LogP contribution >= 0.6 is 0 Å². The maximum absolute atomic E-state index is 13.5. The van der Waals surface area contributed by atoms with Crippen LogP contribution in [0.5, 0.6) is 11.5 Å². The molecule has 5 aromatic rings. The highest BCUT2D eigenvalue weighted by Crippen LogP contribution is 2.30. The van der Waals surface area contributed by atoms with E-state index >= 15 is 0 Å². The second-order valence-corrected chi connectivity index (χ2v) is 10.8. The molecule has 5 rings (SSSR count). The maximum atomic E-state index is 13.5. The molecule has 1 aromatic heterocycles. The van der Waals surface area contributed by atoms with Crippen LogP contribution in [0.4, 0.5) is 23.0 Å². The van der Waals surface area contributed by atoms with Crippen LogP contribution in [-0.4, -0.2) is 43.6 Å². The number of aromatic nitrogens is 2. The van der Waals surface area contributed by atoms with Gasteiger partial charge in [0.05, 0.1) is 36.8 Å². The molecule has 0 saturated heterocycles. The first-order valence-corrected chi connectivity index (χ1v) is 14.2. The molecule has 0 saturated carbocycles. The van der Waals surface area contributed by atoms with Crippen LogP contribution in [0.2, 0.25) is 0 Å². The van der Waals surface area contributed by atoms with E-state index in [2.05, 4.69) is 25.3 Å². The minimum atomic E-state index is -4.18. The van der Waals surface area contributed by atoms with Gasteiger partial charge in [0.25, 0.3) is 15.9 Å². The number of methoxy groups -OCH3 is 2. The van der Waals surface area contributed by atoms with E-state index in [4.69, 9.17) is 9.47 Å². The molecule has 0 aliphatic carbocycles. The van der Waals surface area contributed by atoms with Gasteiger partial charge in [-0.15, -0.1) is 0 Å². The molecule has 0 aliphatic rings. The number of carbonyl (C=O) groups excluding carboxylic acids is 1. The number of sulfonamides is 1. The summed E-state index contributed by atoms with van der Waals surface area (Å²) in [6.07, 6.45) is 0. The Morgan fingerprint density at radius 1 is 0.786 bits per heavy atom. The number of carbonyl (C=O) groups is 1. The largest absolute Gasteiger partial charge is 0.497 e. The number of nitrogens with one attached hydrogen (secondary N) is 3. The third-order valence-electron chi connectivity index (χ3n) is 6.18. The Bertz CT molecular complexity index is 1860. The van der Waals surface area contributed by atoms with E-state index in [9.17, 15) is 18.3 Å². The lowest BCUT2D eigenvalue weighted by Crippen LogP contribution is -2.17. The van der Waals surface area contributed by atoms with Gasteiger partial charge in [0.2, 0.25) is 0 Å². The zero-order valence-electron chi connectivity index (χ0n) is 22.7. The van der Waals surface area contributed by atoms with Crippen molar-refractivity contribution in [2.75, 3.05) is 29.6 Å². The van der Waals surface area contributed by atoms with Crippen LogP contribution in [0, 0.1) is 0 Å². The summed E-state index contributed by atoms with van der Waals surface area (Å²) in [7, 11) is -1.18. The minimum Gasteiger partial charge on any atom is -0.497 e. The summed E-state index contributed by atoms with van der Waals surface area (Å²) in [5.41, 5.74) is 2.73. The molecule has 0 aliphatic heterocycles. The highest BCUT2D eigenvalue weighted by molar-refractivity contribution is 7.92. The van der Waals surface area contributed by atoms with Gasteiger partial charge in [-0.2, -0.15) is 0 Å². The summed E-state index contributed by atoms with van der Waals surface area (Å²) in [6.45, 7) is -0.223. The second-order valence-electron chi connectivity index (χ2n) is 9.08. The molecule has 0 atom stereocenters. The molecular formula is C30H27N5O6S. The number of hydrogen-bond acceptors (Lipinski definition) is 9. The number of aliphatic hydroxyl groups excluding tert-OH is 1. The number of benzene rings is 4. The number of rotatable bonds is 10. The fourth-order valence-electron chi connectivity index (χ4n) is 4.13. The SMILES string of the molecule is COc1cc(CO)cc(Nc2nc3ccccc3nc2NS(=O)(=O)c2cccc(NC(=O)c3cccc(OC)c3)c2)c1. The van der Waals surface area contributed by atoms with Gasteiger partial charge in [-0.25, -0.2) is 18.4 Å². The Hall–Kier alpha value is -5.20. The molecule has 1 heterocycles. The van der Waals surface area contributed by atoms with E-state index in [0.717, 1.165) is 0 Å². The summed E-state index contributed by atoms with van der Waals surface area (Å²) < 4.78 is 40.1. The molecule has 0 fully saturated rings. The van der Waals surface area contributed by atoms with Crippen LogP contribution in [0.3, 0.4) is 0 Å². The van der Waals surface area contributed by atoms with Gasteiger partial charge in [-0.05, 0) is 66.2 Å². The number of para-hydroxylation sites is 2. The first kappa shape index (κ1) is 28.3. The van der Waals surface area contributed by atoms with Crippen molar-refractivity contribution in [1.29, 1.82) is 0 Å². The van der Waals surface area contributed by atoms with Crippen LogP contribution in [0.15, 0.2) is 95.9 Å². The molecule has 1 amide bonds. The third-order valence-corrected chi connectivity index (χ3v) is 7.52. The topological polar surface area (TPSA) is 152 Å². The molecule has 0 bridgehead atoms. The standard InChI is InChI=1S/C30H27N5O6S/c1-40-23-9-5-7-20(15-23)30(37)32-21-8-6-10-25(17-21)42(38,39)35-29-28(33-26-11-3-4-12-27(26)34-29)31-22-13-19(18-36)14-24(16-22)41-2/h3-17,36H,18H2,1-2H3,(H,31,33)(H,32,37)(H,34,35). The maximum Gasteiger partial charge on any atom is 0.263 e. The quantitative estimate of drug-likeness (QED) is 0.179. The summed E-state index contributed by atoms with van der Waals surface area (Å²) in [6, 6.07) is 24.5. The van der Waals surface area contributed by atoms with Gasteiger partial charge in [0.15, 0.2) is 11.6 Å². The van der Waals surface area contributed by atoms with Crippen LogP contribution in [-0.2, 0) is 16.6 Å². The summed E-state index contributed by atoms with van der Waals surface area (Å²) >= 11 is 0.